The van der Waals surface area contributed by atoms with Gasteiger partial charge in [0.15, 0.2) is 18.2 Å². The molecule has 3 rings (SSSR count). The molecule has 0 spiro atoms. The van der Waals surface area contributed by atoms with Crippen LogP contribution in [-0.2, 0) is 14.3 Å². The summed E-state index contributed by atoms with van der Waals surface area (Å²) in [7, 11) is 0. The van der Waals surface area contributed by atoms with Gasteiger partial charge in [0, 0.05) is 17.8 Å². The Labute approximate surface area is 150 Å². The van der Waals surface area contributed by atoms with Gasteiger partial charge in [-0.3, -0.25) is 4.79 Å². The molecule has 0 atom stereocenters. The zero-order valence-corrected chi connectivity index (χ0v) is 14.1. The molecule has 1 amide bonds. The van der Waals surface area contributed by atoms with Crippen molar-refractivity contribution in [2.45, 2.75) is 0 Å². The number of fused-ring (bicyclic) bond motifs is 1. The molecule has 132 valence electrons. The number of nitrogens with zero attached hydrogens (tertiary/aromatic N) is 1. The van der Waals surface area contributed by atoms with Gasteiger partial charge < -0.3 is 10.1 Å². The molecule has 26 heavy (non-hydrogen) atoms. The van der Waals surface area contributed by atoms with Crippen molar-refractivity contribution in [2.75, 3.05) is 11.9 Å². The van der Waals surface area contributed by atoms with Gasteiger partial charge in [0.05, 0.1) is 10.2 Å². The number of anilines is 1. The molecule has 0 aliphatic carbocycles. The number of esters is 1. The summed E-state index contributed by atoms with van der Waals surface area (Å²) in [6, 6.07) is 10.5. The van der Waals surface area contributed by atoms with E-state index < -0.39 is 30.1 Å². The number of aromatic nitrogens is 1. The van der Waals surface area contributed by atoms with Crippen LogP contribution >= 0.6 is 11.3 Å². The Kier molecular flexibility index (Phi) is 5.33. The lowest BCUT2D eigenvalue weighted by Crippen LogP contribution is -2.20. The van der Waals surface area contributed by atoms with Crippen molar-refractivity contribution in [2.24, 2.45) is 0 Å². The highest BCUT2D eigenvalue weighted by Crippen LogP contribution is 2.22. The van der Waals surface area contributed by atoms with Crippen LogP contribution < -0.4 is 5.32 Å². The zero-order valence-electron chi connectivity index (χ0n) is 13.2. The van der Waals surface area contributed by atoms with E-state index in [1.165, 1.54) is 29.6 Å². The Bertz CT molecular complexity index is 968. The highest BCUT2D eigenvalue weighted by Gasteiger charge is 2.08. The first-order valence-electron chi connectivity index (χ1n) is 7.46. The normalized spacial score (nSPS) is 11.0. The van der Waals surface area contributed by atoms with Gasteiger partial charge >= 0.3 is 5.97 Å². The summed E-state index contributed by atoms with van der Waals surface area (Å²) >= 11 is 1.42. The molecule has 0 fully saturated rings. The molecule has 5 nitrogen and oxygen atoms in total. The van der Waals surface area contributed by atoms with Gasteiger partial charge in [-0.1, -0.05) is 12.1 Å². The van der Waals surface area contributed by atoms with Gasteiger partial charge in [0.2, 0.25) is 0 Å². The van der Waals surface area contributed by atoms with Gasteiger partial charge in [-0.05, 0) is 30.3 Å². The summed E-state index contributed by atoms with van der Waals surface area (Å²) < 4.78 is 31.7. The Balaban J connectivity index is 1.51. The first-order chi connectivity index (χ1) is 12.5. The van der Waals surface area contributed by atoms with Crippen LogP contribution in [-0.4, -0.2) is 23.5 Å². The number of amides is 1. The van der Waals surface area contributed by atoms with E-state index in [4.69, 9.17) is 4.74 Å². The monoisotopic (exact) mass is 374 g/mol. The van der Waals surface area contributed by atoms with Crippen molar-refractivity contribution in [3.8, 4) is 0 Å². The SMILES string of the molecule is O=C(COC(=O)/C=C/c1nc2ccccc2s1)Nc1ccc(F)c(F)c1. The minimum absolute atomic E-state index is 0.0648. The van der Waals surface area contributed by atoms with Gasteiger partial charge in [-0.25, -0.2) is 18.6 Å². The van der Waals surface area contributed by atoms with Crippen molar-refractivity contribution < 1.29 is 23.1 Å². The number of ether oxygens (including phenoxy) is 1. The first-order valence-corrected chi connectivity index (χ1v) is 8.28. The molecule has 0 saturated heterocycles. The number of halogens is 2. The number of hydrogen-bond acceptors (Lipinski definition) is 5. The van der Waals surface area contributed by atoms with Crippen molar-refractivity contribution >= 4 is 45.2 Å². The van der Waals surface area contributed by atoms with Crippen LogP contribution in [0.2, 0.25) is 0 Å². The van der Waals surface area contributed by atoms with E-state index in [2.05, 4.69) is 10.3 Å². The van der Waals surface area contributed by atoms with Crippen LogP contribution in [0.4, 0.5) is 14.5 Å². The standard InChI is InChI=1S/C18H12F2N2O3S/c19-12-6-5-11(9-13(12)20)21-16(23)10-25-18(24)8-7-17-22-14-3-1-2-4-15(14)26-17/h1-9H,10H2,(H,21,23)/b8-7+. The van der Waals surface area contributed by atoms with Crippen LogP contribution in [0.25, 0.3) is 16.3 Å². The second kappa shape index (κ2) is 7.83. The van der Waals surface area contributed by atoms with Gasteiger partial charge in [-0.2, -0.15) is 0 Å². The number of carbonyl (C=O) groups is 2. The highest BCUT2D eigenvalue weighted by molar-refractivity contribution is 7.19. The maximum Gasteiger partial charge on any atom is 0.331 e. The summed E-state index contributed by atoms with van der Waals surface area (Å²) in [4.78, 5) is 27.7. The molecule has 0 bridgehead atoms. The van der Waals surface area contributed by atoms with E-state index in [1.807, 2.05) is 24.3 Å². The molecule has 8 heteroatoms. The topological polar surface area (TPSA) is 68.3 Å². The smallest absolute Gasteiger partial charge is 0.331 e. The van der Waals surface area contributed by atoms with Crippen LogP contribution in [0.1, 0.15) is 5.01 Å². The van der Waals surface area contributed by atoms with E-state index in [0.717, 1.165) is 22.3 Å². The number of para-hydroxylation sites is 1. The fourth-order valence-corrected chi connectivity index (χ4v) is 2.93. The van der Waals surface area contributed by atoms with Crippen molar-refractivity contribution in [3.63, 3.8) is 0 Å². The maximum atomic E-state index is 13.1. The average Bonchev–Trinajstić information content (AvgIpc) is 3.04. The minimum atomic E-state index is -1.08. The predicted molar refractivity (Wildman–Crippen MR) is 94.6 cm³/mol. The summed E-state index contributed by atoms with van der Waals surface area (Å²) in [5.74, 6) is -3.49. The summed E-state index contributed by atoms with van der Waals surface area (Å²) in [6.45, 7) is -0.554. The molecule has 0 unspecified atom stereocenters. The van der Waals surface area contributed by atoms with E-state index in [9.17, 15) is 18.4 Å². The van der Waals surface area contributed by atoms with Crippen molar-refractivity contribution in [1.29, 1.82) is 0 Å². The third-order valence-electron chi connectivity index (χ3n) is 3.22. The van der Waals surface area contributed by atoms with Crippen molar-refractivity contribution in [3.05, 3.63) is 65.2 Å². The second-order valence-electron chi connectivity index (χ2n) is 5.14. The zero-order chi connectivity index (χ0) is 18.5. The fourth-order valence-electron chi connectivity index (χ4n) is 2.06. The number of nitrogens with one attached hydrogen (secondary N) is 1. The van der Waals surface area contributed by atoms with Crippen LogP contribution in [0.5, 0.6) is 0 Å². The number of hydrogen-bond donors (Lipinski definition) is 1. The lowest BCUT2D eigenvalue weighted by atomic mass is 10.3. The lowest BCUT2D eigenvalue weighted by molar-refractivity contribution is -0.142. The van der Waals surface area contributed by atoms with Crippen LogP contribution in [0, 0.1) is 11.6 Å². The second-order valence-corrected chi connectivity index (χ2v) is 6.20. The van der Waals surface area contributed by atoms with E-state index in [-0.39, 0.29) is 5.69 Å². The molecule has 0 aliphatic heterocycles. The molecular weight excluding hydrogens is 362 g/mol. The number of thiazole rings is 1. The van der Waals surface area contributed by atoms with Gasteiger partial charge in [0.25, 0.3) is 5.91 Å². The Morgan fingerprint density at radius 1 is 1.15 bits per heavy atom. The maximum absolute atomic E-state index is 13.1. The molecule has 1 aromatic heterocycles. The highest BCUT2D eigenvalue weighted by atomic mass is 32.1. The molecule has 0 aliphatic rings. The Hall–Kier alpha value is -3.13. The summed E-state index contributed by atoms with van der Waals surface area (Å²) in [5, 5.41) is 2.93. The quantitative estimate of drug-likeness (QED) is 0.545. The lowest BCUT2D eigenvalue weighted by Gasteiger charge is -2.05. The van der Waals surface area contributed by atoms with E-state index in [0.29, 0.717) is 5.01 Å². The van der Waals surface area contributed by atoms with Gasteiger partial charge in [0.1, 0.15) is 5.01 Å². The van der Waals surface area contributed by atoms with E-state index >= 15 is 0 Å². The summed E-state index contributed by atoms with van der Waals surface area (Å²) in [5.41, 5.74) is 0.895. The van der Waals surface area contributed by atoms with Crippen molar-refractivity contribution in [1.82, 2.24) is 4.98 Å². The average molecular weight is 374 g/mol. The van der Waals surface area contributed by atoms with Crippen LogP contribution in [0.15, 0.2) is 48.5 Å². The van der Waals surface area contributed by atoms with E-state index in [1.54, 1.807) is 0 Å². The molecule has 3 aromatic rings. The third kappa shape index (κ3) is 4.48. The minimum Gasteiger partial charge on any atom is -0.452 e. The van der Waals surface area contributed by atoms with Gasteiger partial charge in [-0.15, -0.1) is 11.3 Å². The Morgan fingerprint density at radius 2 is 1.96 bits per heavy atom. The fraction of sp³-hybridized carbons (Fsp3) is 0.0556. The summed E-state index contributed by atoms with van der Waals surface area (Å²) in [6.07, 6.45) is 2.67. The third-order valence-corrected chi connectivity index (χ3v) is 4.22. The molecule has 0 radical (unpaired) electrons. The molecule has 1 N–H and O–H groups in total. The number of carbonyl (C=O) groups excluding carboxylic acids is 2. The first kappa shape index (κ1) is 17.7. The molecule has 0 saturated carbocycles. The Morgan fingerprint density at radius 3 is 2.73 bits per heavy atom. The number of rotatable bonds is 5. The predicted octanol–water partition coefficient (Wildman–Crippen LogP) is 3.77. The molecule has 2 aromatic carbocycles. The van der Waals surface area contributed by atoms with Crippen LogP contribution in [0.3, 0.4) is 0 Å². The molecule has 1 heterocycles. The molecular formula is C18H12F2N2O3S. The largest absolute Gasteiger partial charge is 0.452 e. The number of benzene rings is 2.